The van der Waals surface area contributed by atoms with Gasteiger partial charge in [-0.3, -0.25) is 10.2 Å². The average Bonchev–Trinajstić information content (AvgIpc) is 2.47. The monoisotopic (exact) mass is 323 g/mol. The Morgan fingerprint density at radius 3 is 2.30 bits per heavy atom. The summed E-state index contributed by atoms with van der Waals surface area (Å²) < 4.78 is 12.8. The van der Waals surface area contributed by atoms with E-state index in [1.807, 2.05) is 6.92 Å². The van der Waals surface area contributed by atoms with Crippen LogP contribution in [0.1, 0.15) is 45.6 Å². The molecule has 5 nitrogen and oxygen atoms in total. The van der Waals surface area contributed by atoms with Crippen molar-refractivity contribution in [1.82, 2.24) is 16.2 Å². The van der Waals surface area contributed by atoms with Crippen LogP contribution < -0.4 is 16.2 Å². The van der Waals surface area contributed by atoms with Gasteiger partial charge >= 0.3 is 6.03 Å². The highest BCUT2D eigenvalue weighted by molar-refractivity contribution is 5.82. The van der Waals surface area contributed by atoms with Crippen molar-refractivity contribution in [3.05, 3.63) is 35.6 Å². The molecule has 0 aromatic heterocycles. The topological polar surface area (TPSA) is 70.2 Å². The van der Waals surface area contributed by atoms with Gasteiger partial charge in [-0.15, -0.1) is 0 Å². The molecule has 1 aromatic rings. The number of carbonyl (C=O) groups is 2. The lowest BCUT2D eigenvalue weighted by atomic mass is 10.0. The molecule has 0 bridgehead atoms. The van der Waals surface area contributed by atoms with Crippen molar-refractivity contribution in [2.24, 2.45) is 5.92 Å². The van der Waals surface area contributed by atoms with Crippen molar-refractivity contribution < 1.29 is 14.0 Å². The maximum absolute atomic E-state index is 12.8. The first kappa shape index (κ1) is 18.9. The Labute approximate surface area is 137 Å². The van der Waals surface area contributed by atoms with E-state index in [2.05, 4.69) is 30.0 Å². The first-order valence-electron chi connectivity index (χ1n) is 7.96. The van der Waals surface area contributed by atoms with E-state index in [9.17, 15) is 14.0 Å². The zero-order valence-corrected chi connectivity index (χ0v) is 14.0. The molecule has 0 saturated heterocycles. The Kier molecular flexibility index (Phi) is 8.08. The van der Waals surface area contributed by atoms with Gasteiger partial charge in [0.05, 0.1) is 6.42 Å². The molecule has 6 heteroatoms. The average molecular weight is 323 g/mol. The normalized spacial score (nSPS) is 11.9. The van der Waals surface area contributed by atoms with Crippen LogP contribution in [0.15, 0.2) is 24.3 Å². The lowest BCUT2D eigenvalue weighted by molar-refractivity contribution is -0.121. The van der Waals surface area contributed by atoms with Crippen molar-refractivity contribution in [1.29, 1.82) is 0 Å². The number of hydrogen-bond acceptors (Lipinski definition) is 2. The van der Waals surface area contributed by atoms with Gasteiger partial charge in [-0.2, -0.15) is 0 Å². The Morgan fingerprint density at radius 1 is 1.04 bits per heavy atom. The number of nitrogens with one attached hydrogen (secondary N) is 3. The van der Waals surface area contributed by atoms with E-state index >= 15 is 0 Å². The molecule has 128 valence electrons. The molecular formula is C17H26FN3O2. The maximum atomic E-state index is 12.8. The summed E-state index contributed by atoms with van der Waals surface area (Å²) in [6.45, 7) is 6.27. The fourth-order valence-electron chi connectivity index (χ4n) is 2.12. The van der Waals surface area contributed by atoms with Crippen LogP contribution in [0.3, 0.4) is 0 Å². The van der Waals surface area contributed by atoms with Crippen molar-refractivity contribution in [2.75, 3.05) is 0 Å². The third-order valence-electron chi connectivity index (χ3n) is 3.39. The molecule has 1 atom stereocenters. The van der Waals surface area contributed by atoms with Gasteiger partial charge in [-0.25, -0.2) is 14.6 Å². The molecule has 0 aliphatic carbocycles. The van der Waals surface area contributed by atoms with Gasteiger partial charge < -0.3 is 5.32 Å². The second-order valence-electron chi connectivity index (χ2n) is 6.18. The molecule has 0 aliphatic heterocycles. The summed E-state index contributed by atoms with van der Waals surface area (Å²) in [7, 11) is 0. The summed E-state index contributed by atoms with van der Waals surface area (Å²) in [6, 6.07) is 5.26. The number of urea groups is 1. The summed E-state index contributed by atoms with van der Waals surface area (Å²) in [5.41, 5.74) is 5.33. The van der Waals surface area contributed by atoms with Crippen LogP contribution in [-0.2, 0) is 11.2 Å². The van der Waals surface area contributed by atoms with E-state index in [-0.39, 0.29) is 24.2 Å². The Hall–Kier alpha value is -2.11. The first-order valence-corrected chi connectivity index (χ1v) is 7.96. The van der Waals surface area contributed by atoms with Crippen LogP contribution in [0.4, 0.5) is 9.18 Å². The van der Waals surface area contributed by atoms with Gasteiger partial charge in [0.1, 0.15) is 5.82 Å². The minimum absolute atomic E-state index is 0.0442. The summed E-state index contributed by atoms with van der Waals surface area (Å²) in [4.78, 5) is 23.4. The minimum atomic E-state index is -0.436. The molecule has 0 heterocycles. The molecule has 1 rings (SSSR count). The Bertz CT molecular complexity index is 503. The summed E-state index contributed by atoms with van der Waals surface area (Å²) in [5, 5.41) is 2.77. The molecule has 0 aliphatic rings. The lowest BCUT2D eigenvalue weighted by Gasteiger charge is -2.15. The van der Waals surface area contributed by atoms with Crippen LogP contribution >= 0.6 is 0 Å². The van der Waals surface area contributed by atoms with E-state index in [0.29, 0.717) is 11.5 Å². The number of benzene rings is 1. The van der Waals surface area contributed by atoms with E-state index in [1.165, 1.54) is 24.3 Å². The molecule has 1 unspecified atom stereocenters. The Balaban J connectivity index is 2.21. The predicted octanol–water partition coefficient (Wildman–Crippen LogP) is 2.91. The fraction of sp³-hybridized carbons (Fsp3) is 0.529. The van der Waals surface area contributed by atoms with E-state index in [0.717, 1.165) is 19.3 Å². The third kappa shape index (κ3) is 8.80. The highest BCUT2D eigenvalue weighted by Gasteiger charge is 2.09. The van der Waals surface area contributed by atoms with Crippen molar-refractivity contribution in [3.8, 4) is 0 Å². The number of hydrazine groups is 1. The SMILES string of the molecule is CC(C)CCCC(C)NC(=O)NNC(=O)Cc1ccc(F)cc1. The van der Waals surface area contributed by atoms with Crippen LogP contribution in [0, 0.1) is 11.7 Å². The van der Waals surface area contributed by atoms with E-state index in [1.54, 1.807) is 0 Å². The number of rotatable bonds is 7. The lowest BCUT2D eigenvalue weighted by Crippen LogP contribution is -2.49. The van der Waals surface area contributed by atoms with Crippen LogP contribution in [0.2, 0.25) is 0 Å². The molecule has 3 N–H and O–H groups in total. The van der Waals surface area contributed by atoms with Gasteiger partial charge in [0.2, 0.25) is 5.91 Å². The zero-order valence-electron chi connectivity index (χ0n) is 14.0. The molecule has 0 fully saturated rings. The summed E-state index contributed by atoms with van der Waals surface area (Å²) in [5.74, 6) is -0.0564. The molecule has 3 amide bonds. The van der Waals surface area contributed by atoms with Crippen LogP contribution in [0.25, 0.3) is 0 Å². The first-order chi connectivity index (χ1) is 10.9. The quantitative estimate of drug-likeness (QED) is 0.675. The third-order valence-corrected chi connectivity index (χ3v) is 3.39. The van der Waals surface area contributed by atoms with Gasteiger partial charge in [0.15, 0.2) is 0 Å². The highest BCUT2D eigenvalue weighted by atomic mass is 19.1. The van der Waals surface area contributed by atoms with Gasteiger partial charge in [0.25, 0.3) is 0 Å². The number of hydrogen-bond donors (Lipinski definition) is 3. The van der Waals surface area contributed by atoms with Crippen LogP contribution in [0.5, 0.6) is 0 Å². The largest absolute Gasteiger partial charge is 0.334 e. The minimum Gasteiger partial charge on any atom is -0.334 e. The van der Waals surface area contributed by atoms with Crippen molar-refractivity contribution in [2.45, 2.75) is 52.5 Å². The summed E-state index contributed by atoms with van der Waals surface area (Å²) in [6.07, 6.45) is 3.15. The van der Waals surface area contributed by atoms with Crippen molar-refractivity contribution in [3.63, 3.8) is 0 Å². The van der Waals surface area contributed by atoms with E-state index < -0.39 is 6.03 Å². The number of halogens is 1. The predicted molar refractivity (Wildman–Crippen MR) is 88.1 cm³/mol. The number of carbonyl (C=O) groups excluding carboxylic acids is 2. The second-order valence-corrected chi connectivity index (χ2v) is 6.18. The fourth-order valence-corrected chi connectivity index (χ4v) is 2.12. The van der Waals surface area contributed by atoms with Gasteiger partial charge in [-0.05, 0) is 37.0 Å². The van der Waals surface area contributed by atoms with Gasteiger partial charge in [-0.1, -0.05) is 38.8 Å². The number of amides is 3. The van der Waals surface area contributed by atoms with E-state index in [4.69, 9.17) is 0 Å². The molecule has 0 radical (unpaired) electrons. The van der Waals surface area contributed by atoms with Crippen LogP contribution in [-0.4, -0.2) is 18.0 Å². The second kappa shape index (κ2) is 9.82. The molecule has 1 aromatic carbocycles. The van der Waals surface area contributed by atoms with Gasteiger partial charge in [0, 0.05) is 6.04 Å². The molecular weight excluding hydrogens is 297 g/mol. The molecule has 23 heavy (non-hydrogen) atoms. The smallest absolute Gasteiger partial charge is 0.333 e. The Morgan fingerprint density at radius 2 is 1.70 bits per heavy atom. The standard InChI is InChI=1S/C17H26FN3O2/c1-12(2)5-4-6-13(3)19-17(23)21-20-16(22)11-14-7-9-15(18)10-8-14/h7-10,12-13H,4-6,11H2,1-3H3,(H,20,22)(H2,19,21,23). The molecule has 0 saturated carbocycles. The van der Waals surface area contributed by atoms with Crippen molar-refractivity contribution >= 4 is 11.9 Å². The maximum Gasteiger partial charge on any atom is 0.333 e. The highest BCUT2D eigenvalue weighted by Crippen LogP contribution is 2.08. The zero-order chi connectivity index (χ0) is 17.2. The molecule has 0 spiro atoms. The summed E-state index contributed by atoms with van der Waals surface area (Å²) >= 11 is 0.